The lowest BCUT2D eigenvalue weighted by Crippen LogP contribution is -3.08. The molecule has 1 unspecified atom stereocenters. The lowest BCUT2D eigenvalue weighted by molar-refractivity contribution is -0.885. The van der Waals surface area contributed by atoms with Crippen LogP contribution in [-0.4, -0.2) is 26.1 Å². The molecule has 0 fully saturated rings. The van der Waals surface area contributed by atoms with Gasteiger partial charge in [0.05, 0.1) is 13.7 Å². The third-order valence-corrected chi connectivity index (χ3v) is 3.97. The molecule has 0 aromatic heterocycles. The van der Waals surface area contributed by atoms with Gasteiger partial charge < -0.3 is 15.0 Å². The topological polar surface area (TPSA) is 42.8 Å². The van der Waals surface area contributed by atoms with E-state index in [0.29, 0.717) is 13.2 Å². The van der Waals surface area contributed by atoms with E-state index in [1.54, 1.807) is 0 Å². The summed E-state index contributed by atoms with van der Waals surface area (Å²) in [5.41, 5.74) is 4.21. The van der Waals surface area contributed by atoms with E-state index in [9.17, 15) is 4.79 Å². The minimum absolute atomic E-state index is 0.0267. The summed E-state index contributed by atoms with van der Waals surface area (Å²) in [5.74, 6) is 0.924. The Morgan fingerprint density at radius 3 is 2.42 bits per heavy atom. The lowest BCUT2D eigenvalue weighted by atomic mass is 10.1. The monoisotopic (exact) mass is 327 g/mol. The zero-order valence-corrected chi connectivity index (χ0v) is 15.0. The number of hydrogen-bond acceptors (Lipinski definition) is 2. The smallest absolute Gasteiger partial charge is 0.279 e. The number of amides is 1. The summed E-state index contributed by atoms with van der Waals surface area (Å²) >= 11 is 0. The minimum atomic E-state index is 0.0267. The van der Waals surface area contributed by atoms with Gasteiger partial charge in [-0.1, -0.05) is 30.3 Å². The molecule has 1 atom stereocenters. The molecule has 2 aromatic carbocycles. The van der Waals surface area contributed by atoms with Crippen molar-refractivity contribution in [3.05, 3.63) is 59.2 Å². The molecule has 128 valence electrons. The van der Waals surface area contributed by atoms with E-state index in [4.69, 9.17) is 4.74 Å². The van der Waals surface area contributed by atoms with Gasteiger partial charge in [-0.25, -0.2) is 0 Å². The fraction of sp³-hybridized carbons (Fsp3) is 0.350. The molecule has 2 N–H and O–H groups in total. The van der Waals surface area contributed by atoms with Crippen LogP contribution in [0.3, 0.4) is 0 Å². The second-order valence-electron chi connectivity index (χ2n) is 6.17. The SMILES string of the molecule is CCOc1ccccc1C[NH+](C)CC(=O)Nc1c(C)cccc1C. The second kappa shape index (κ2) is 8.50. The van der Waals surface area contributed by atoms with Gasteiger partial charge >= 0.3 is 0 Å². The van der Waals surface area contributed by atoms with Crippen molar-refractivity contribution in [1.82, 2.24) is 0 Å². The second-order valence-corrected chi connectivity index (χ2v) is 6.17. The van der Waals surface area contributed by atoms with Gasteiger partial charge in [0.25, 0.3) is 5.91 Å². The number of para-hydroxylation sites is 2. The largest absolute Gasteiger partial charge is 0.493 e. The highest BCUT2D eigenvalue weighted by atomic mass is 16.5. The van der Waals surface area contributed by atoms with Gasteiger partial charge in [0, 0.05) is 11.3 Å². The molecule has 0 heterocycles. The molecule has 4 nitrogen and oxygen atoms in total. The molecule has 0 bridgehead atoms. The van der Waals surface area contributed by atoms with Crippen LogP contribution < -0.4 is 15.0 Å². The van der Waals surface area contributed by atoms with E-state index in [1.165, 1.54) is 0 Å². The lowest BCUT2D eigenvalue weighted by Gasteiger charge is -2.17. The Balaban J connectivity index is 1.97. The first kappa shape index (κ1) is 18.0. The molecule has 24 heavy (non-hydrogen) atoms. The number of likely N-dealkylation sites (N-methyl/N-ethyl adjacent to an activating group) is 1. The molecule has 0 spiro atoms. The number of hydrogen-bond donors (Lipinski definition) is 2. The number of nitrogens with one attached hydrogen (secondary N) is 2. The summed E-state index contributed by atoms with van der Waals surface area (Å²) in [6.07, 6.45) is 0. The van der Waals surface area contributed by atoms with Gasteiger partial charge in [-0.2, -0.15) is 0 Å². The van der Waals surface area contributed by atoms with E-state index in [-0.39, 0.29) is 5.91 Å². The van der Waals surface area contributed by atoms with Crippen LogP contribution in [0.25, 0.3) is 0 Å². The molecule has 0 aliphatic carbocycles. The number of rotatable bonds is 7. The maximum atomic E-state index is 12.4. The third kappa shape index (κ3) is 4.83. The Morgan fingerprint density at radius 2 is 1.75 bits per heavy atom. The first-order valence-electron chi connectivity index (χ1n) is 8.39. The fourth-order valence-electron chi connectivity index (χ4n) is 2.80. The third-order valence-electron chi connectivity index (χ3n) is 3.97. The number of quaternary nitrogens is 1. The molecule has 1 amide bonds. The molecular formula is C20H27N2O2+. The number of carbonyl (C=O) groups is 1. The van der Waals surface area contributed by atoms with Crippen molar-refractivity contribution in [3.8, 4) is 5.75 Å². The Bertz CT molecular complexity index is 678. The van der Waals surface area contributed by atoms with E-state index in [2.05, 4.69) is 11.4 Å². The van der Waals surface area contributed by atoms with Crippen LogP contribution >= 0.6 is 0 Å². The Hall–Kier alpha value is -2.33. The van der Waals surface area contributed by atoms with Crippen LogP contribution in [0.5, 0.6) is 5.75 Å². The predicted molar refractivity (Wildman–Crippen MR) is 97.6 cm³/mol. The van der Waals surface area contributed by atoms with Gasteiger partial charge in [-0.3, -0.25) is 4.79 Å². The summed E-state index contributed by atoms with van der Waals surface area (Å²) in [5, 5.41) is 3.04. The Labute approximate surface area is 144 Å². The zero-order chi connectivity index (χ0) is 17.5. The summed E-state index contributed by atoms with van der Waals surface area (Å²) in [6, 6.07) is 14.0. The maximum absolute atomic E-state index is 12.4. The first-order chi connectivity index (χ1) is 11.5. The molecule has 2 rings (SSSR count). The van der Waals surface area contributed by atoms with Crippen LogP contribution in [0.15, 0.2) is 42.5 Å². The zero-order valence-electron chi connectivity index (χ0n) is 15.0. The van der Waals surface area contributed by atoms with Crippen molar-refractivity contribution in [2.75, 3.05) is 25.5 Å². The highest BCUT2D eigenvalue weighted by molar-refractivity contribution is 5.93. The molecular weight excluding hydrogens is 300 g/mol. The van der Waals surface area contributed by atoms with Gasteiger partial charge in [0.1, 0.15) is 12.3 Å². The van der Waals surface area contributed by atoms with Crippen LogP contribution in [0, 0.1) is 13.8 Å². The van der Waals surface area contributed by atoms with Crippen LogP contribution in [0.2, 0.25) is 0 Å². The Morgan fingerprint density at radius 1 is 1.08 bits per heavy atom. The molecule has 0 aliphatic rings. The predicted octanol–water partition coefficient (Wildman–Crippen LogP) is 2.36. The average molecular weight is 327 g/mol. The summed E-state index contributed by atoms with van der Waals surface area (Å²) in [4.78, 5) is 13.5. The van der Waals surface area contributed by atoms with E-state index in [1.807, 2.05) is 64.2 Å². The average Bonchev–Trinajstić information content (AvgIpc) is 2.53. The molecule has 2 aromatic rings. The Kier molecular flexibility index (Phi) is 6.38. The van der Waals surface area contributed by atoms with E-state index in [0.717, 1.165) is 39.6 Å². The van der Waals surface area contributed by atoms with Gasteiger partial charge in [0.2, 0.25) is 0 Å². The highest BCUT2D eigenvalue weighted by Gasteiger charge is 2.14. The van der Waals surface area contributed by atoms with E-state index < -0.39 is 0 Å². The molecule has 0 aliphatic heterocycles. The van der Waals surface area contributed by atoms with Crippen molar-refractivity contribution in [2.24, 2.45) is 0 Å². The van der Waals surface area contributed by atoms with Crippen LogP contribution in [0.4, 0.5) is 5.69 Å². The van der Waals surface area contributed by atoms with E-state index >= 15 is 0 Å². The van der Waals surface area contributed by atoms with Crippen molar-refractivity contribution in [2.45, 2.75) is 27.3 Å². The molecule has 4 heteroatoms. The minimum Gasteiger partial charge on any atom is -0.493 e. The fourth-order valence-corrected chi connectivity index (χ4v) is 2.80. The quantitative estimate of drug-likeness (QED) is 0.820. The number of benzene rings is 2. The summed E-state index contributed by atoms with van der Waals surface area (Å²) in [6.45, 7) is 7.80. The van der Waals surface area contributed by atoms with Crippen molar-refractivity contribution < 1.29 is 14.4 Å². The highest BCUT2D eigenvalue weighted by Crippen LogP contribution is 2.19. The molecule has 0 saturated heterocycles. The van der Waals surface area contributed by atoms with Crippen molar-refractivity contribution in [1.29, 1.82) is 0 Å². The number of aryl methyl sites for hydroxylation is 2. The maximum Gasteiger partial charge on any atom is 0.279 e. The summed E-state index contributed by atoms with van der Waals surface area (Å²) in [7, 11) is 2.02. The normalized spacial score (nSPS) is 11.8. The standard InChI is InChI=1S/C20H26N2O2/c1-5-24-18-12-7-6-11-17(18)13-22(4)14-19(23)21-20-15(2)9-8-10-16(20)3/h6-12H,5,13-14H2,1-4H3,(H,21,23)/p+1. The van der Waals surface area contributed by atoms with Crippen molar-refractivity contribution >= 4 is 11.6 Å². The van der Waals surface area contributed by atoms with Crippen LogP contribution in [0.1, 0.15) is 23.6 Å². The molecule has 0 radical (unpaired) electrons. The van der Waals surface area contributed by atoms with Gasteiger partial charge in [-0.05, 0) is 44.0 Å². The number of carbonyl (C=O) groups excluding carboxylic acids is 1. The molecule has 0 saturated carbocycles. The first-order valence-corrected chi connectivity index (χ1v) is 8.39. The van der Waals surface area contributed by atoms with Crippen LogP contribution in [-0.2, 0) is 11.3 Å². The number of anilines is 1. The van der Waals surface area contributed by atoms with Crippen molar-refractivity contribution in [3.63, 3.8) is 0 Å². The van der Waals surface area contributed by atoms with Gasteiger partial charge in [-0.15, -0.1) is 0 Å². The number of ether oxygens (including phenoxy) is 1. The summed E-state index contributed by atoms with van der Waals surface area (Å²) < 4.78 is 5.66. The van der Waals surface area contributed by atoms with Gasteiger partial charge in [0.15, 0.2) is 6.54 Å².